The van der Waals surface area contributed by atoms with Crippen molar-refractivity contribution in [1.29, 1.82) is 0 Å². The monoisotopic (exact) mass is 244 g/mol. The van der Waals surface area contributed by atoms with Crippen LogP contribution in [0, 0.1) is 11.8 Å². The van der Waals surface area contributed by atoms with Crippen molar-refractivity contribution in [2.75, 3.05) is 0 Å². The molecule has 2 N–H and O–H groups in total. The van der Waals surface area contributed by atoms with E-state index in [2.05, 4.69) is 10.5 Å². The first kappa shape index (κ1) is 11.3. The fourth-order valence-corrected chi connectivity index (χ4v) is 3.01. The van der Waals surface area contributed by atoms with Crippen molar-refractivity contribution in [1.82, 2.24) is 5.43 Å². The zero-order valence-corrected chi connectivity index (χ0v) is 10.1. The van der Waals surface area contributed by atoms with Crippen LogP contribution in [-0.2, 0) is 0 Å². The molecule has 0 aliphatic heterocycles. The lowest BCUT2D eigenvalue weighted by molar-refractivity contribution is 0.0952. The molecule has 0 spiro atoms. The van der Waals surface area contributed by atoms with Gasteiger partial charge in [-0.25, -0.2) is 5.43 Å². The molecular weight excluding hydrogens is 228 g/mol. The van der Waals surface area contributed by atoms with Gasteiger partial charge in [0.2, 0.25) is 0 Å². The van der Waals surface area contributed by atoms with E-state index in [9.17, 15) is 9.90 Å². The van der Waals surface area contributed by atoms with E-state index in [1.54, 1.807) is 18.2 Å². The number of hydrogen-bond donors (Lipinski definition) is 2. The fraction of sp³-hybridized carbons (Fsp3) is 0.429. The molecule has 0 aromatic heterocycles. The number of hydrazone groups is 1. The Bertz CT molecular complexity index is 510. The van der Waals surface area contributed by atoms with E-state index in [0.29, 0.717) is 5.92 Å². The SMILES string of the molecule is O=C(N/N=C1/C[C@@H]2CC[C@H]1C2)c1ccccc1O. The second-order valence-corrected chi connectivity index (χ2v) is 5.14. The van der Waals surface area contributed by atoms with E-state index in [4.69, 9.17) is 0 Å². The standard InChI is InChI=1S/C14H16N2O2/c17-13-4-2-1-3-11(13)14(18)16-15-12-8-9-5-6-10(12)7-9/h1-4,9-10,17H,5-8H2,(H,16,18)/b15-12-/t9-,10+/m1/s1. The number of carbonyl (C=O) groups excluding carboxylic acids is 1. The Kier molecular flexibility index (Phi) is 2.78. The van der Waals surface area contributed by atoms with E-state index >= 15 is 0 Å². The van der Waals surface area contributed by atoms with Gasteiger partial charge in [0.15, 0.2) is 0 Å². The summed E-state index contributed by atoms with van der Waals surface area (Å²) in [5, 5.41) is 13.8. The van der Waals surface area contributed by atoms with Crippen LogP contribution in [0.2, 0.25) is 0 Å². The lowest BCUT2D eigenvalue weighted by Gasteiger charge is -2.11. The van der Waals surface area contributed by atoms with Crippen LogP contribution < -0.4 is 5.43 Å². The van der Waals surface area contributed by atoms with Gasteiger partial charge in [-0.2, -0.15) is 5.10 Å². The van der Waals surface area contributed by atoms with Crippen LogP contribution in [0.25, 0.3) is 0 Å². The Labute approximate surface area is 106 Å². The molecule has 0 unspecified atom stereocenters. The van der Waals surface area contributed by atoms with Crippen LogP contribution in [-0.4, -0.2) is 16.7 Å². The van der Waals surface area contributed by atoms with Crippen molar-refractivity contribution in [2.24, 2.45) is 16.9 Å². The molecule has 1 aromatic rings. The minimum atomic E-state index is -0.344. The molecule has 2 fully saturated rings. The van der Waals surface area contributed by atoms with Crippen molar-refractivity contribution in [2.45, 2.75) is 25.7 Å². The van der Waals surface area contributed by atoms with Gasteiger partial charge in [0.05, 0.1) is 5.56 Å². The van der Waals surface area contributed by atoms with E-state index in [1.807, 2.05) is 0 Å². The van der Waals surface area contributed by atoms with Crippen LogP contribution in [0.1, 0.15) is 36.0 Å². The molecule has 1 aromatic carbocycles. The average molecular weight is 244 g/mol. The topological polar surface area (TPSA) is 61.7 Å². The maximum absolute atomic E-state index is 11.9. The number of nitrogens with one attached hydrogen (secondary N) is 1. The van der Waals surface area contributed by atoms with Gasteiger partial charge in [-0.1, -0.05) is 12.1 Å². The number of phenolic OH excluding ortho intramolecular Hbond substituents is 1. The Morgan fingerprint density at radius 3 is 2.83 bits per heavy atom. The summed E-state index contributed by atoms with van der Waals surface area (Å²) in [6.45, 7) is 0. The summed E-state index contributed by atoms with van der Waals surface area (Å²) in [4.78, 5) is 11.9. The highest BCUT2D eigenvalue weighted by molar-refractivity contribution is 5.98. The summed E-state index contributed by atoms with van der Waals surface area (Å²) in [5.41, 5.74) is 3.94. The number of nitrogens with zero attached hydrogens (tertiary/aromatic N) is 1. The molecule has 0 heterocycles. The van der Waals surface area contributed by atoms with Crippen molar-refractivity contribution >= 4 is 11.6 Å². The van der Waals surface area contributed by atoms with E-state index in [0.717, 1.165) is 18.1 Å². The minimum Gasteiger partial charge on any atom is -0.507 e. The second kappa shape index (κ2) is 4.44. The lowest BCUT2D eigenvalue weighted by atomic mass is 9.99. The molecule has 2 aliphatic carbocycles. The number of aromatic hydroxyl groups is 1. The van der Waals surface area contributed by atoms with Gasteiger partial charge in [0.25, 0.3) is 5.91 Å². The van der Waals surface area contributed by atoms with E-state index < -0.39 is 0 Å². The molecule has 4 nitrogen and oxygen atoms in total. The Hall–Kier alpha value is -1.84. The fourth-order valence-electron chi connectivity index (χ4n) is 3.01. The average Bonchev–Trinajstić information content (AvgIpc) is 2.98. The third-order valence-corrected chi connectivity index (χ3v) is 3.96. The first-order valence-electron chi connectivity index (χ1n) is 6.39. The molecule has 18 heavy (non-hydrogen) atoms. The number of fused-ring (bicyclic) bond motifs is 2. The third-order valence-electron chi connectivity index (χ3n) is 3.96. The van der Waals surface area contributed by atoms with Crippen molar-refractivity contribution < 1.29 is 9.90 Å². The number of rotatable bonds is 2. The van der Waals surface area contributed by atoms with Gasteiger partial charge in [0, 0.05) is 5.71 Å². The maximum atomic E-state index is 11.9. The van der Waals surface area contributed by atoms with Gasteiger partial charge < -0.3 is 5.11 Å². The lowest BCUT2D eigenvalue weighted by Crippen LogP contribution is -2.21. The predicted molar refractivity (Wildman–Crippen MR) is 68.5 cm³/mol. The van der Waals surface area contributed by atoms with Gasteiger partial charge in [-0.05, 0) is 49.7 Å². The summed E-state index contributed by atoms with van der Waals surface area (Å²) in [6, 6.07) is 6.50. The minimum absolute atomic E-state index is 0.0110. The number of phenols is 1. The van der Waals surface area contributed by atoms with Crippen molar-refractivity contribution in [3.63, 3.8) is 0 Å². The maximum Gasteiger partial charge on any atom is 0.275 e. The number of benzene rings is 1. The normalized spacial score (nSPS) is 27.7. The van der Waals surface area contributed by atoms with Crippen LogP contribution in [0.5, 0.6) is 5.75 Å². The number of carbonyl (C=O) groups is 1. The van der Waals surface area contributed by atoms with Crippen LogP contribution in [0.15, 0.2) is 29.4 Å². The summed E-state index contributed by atoms with van der Waals surface area (Å²) >= 11 is 0. The number of amides is 1. The quantitative estimate of drug-likeness (QED) is 0.784. The molecule has 2 saturated carbocycles. The summed E-state index contributed by atoms with van der Waals surface area (Å²) < 4.78 is 0. The first-order chi connectivity index (χ1) is 8.74. The molecule has 3 rings (SSSR count). The highest BCUT2D eigenvalue weighted by Gasteiger charge is 2.36. The zero-order valence-electron chi connectivity index (χ0n) is 10.1. The van der Waals surface area contributed by atoms with Gasteiger partial charge in [-0.3, -0.25) is 4.79 Å². The smallest absolute Gasteiger partial charge is 0.275 e. The molecule has 1 amide bonds. The highest BCUT2D eigenvalue weighted by atomic mass is 16.3. The largest absolute Gasteiger partial charge is 0.507 e. The van der Waals surface area contributed by atoms with Gasteiger partial charge >= 0.3 is 0 Å². The second-order valence-electron chi connectivity index (χ2n) is 5.14. The predicted octanol–water partition coefficient (Wildman–Crippen LogP) is 2.30. The Morgan fingerprint density at radius 2 is 2.17 bits per heavy atom. The van der Waals surface area contributed by atoms with E-state index in [1.165, 1.54) is 25.3 Å². The molecule has 2 atom stereocenters. The summed E-state index contributed by atoms with van der Waals surface area (Å²) in [5.74, 6) is 0.988. The molecule has 0 radical (unpaired) electrons. The molecule has 0 saturated heterocycles. The van der Waals surface area contributed by atoms with Crippen molar-refractivity contribution in [3.8, 4) is 5.75 Å². The summed E-state index contributed by atoms with van der Waals surface area (Å²) in [7, 11) is 0. The zero-order chi connectivity index (χ0) is 12.5. The molecule has 4 heteroatoms. The number of hydrogen-bond acceptors (Lipinski definition) is 3. The molecule has 2 aliphatic rings. The van der Waals surface area contributed by atoms with Gasteiger partial charge in [0.1, 0.15) is 5.75 Å². The van der Waals surface area contributed by atoms with Crippen LogP contribution in [0.3, 0.4) is 0 Å². The summed E-state index contributed by atoms with van der Waals surface area (Å²) in [6.07, 6.45) is 4.75. The molecule has 2 bridgehead atoms. The Balaban J connectivity index is 1.69. The Morgan fingerprint density at radius 1 is 1.33 bits per heavy atom. The molecule has 94 valence electrons. The molecular formula is C14H16N2O2. The number of para-hydroxylation sites is 1. The van der Waals surface area contributed by atoms with Crippen LogP contribution >= 0.6 is 0 Å². The van der Waals surface area contributed by atoms with E-state index in [-0.39, 0.29) is 17.2 Å². The van der Waals surface area contributed by atoms with Crippen molar-refractivity contribution in [3.05, 3.63) is 29.8 Å². The highest BCUT2D eigenvalue weighted by Crippen LogP contribution is 2.42. The van der Waals surface area contributed by atoms with Crippen LogP contribution in [0.4, 0.5) is 0 Å². The first-order valence-corrected chi connectivity index (χ1v) is 6.39. The van der Waals surface area contributed by atoms with Gasteiger partial charge in [-0.15, -0.1) is 0 Å². The third kappa shape index (κ3) is 1.98.